The van der Waals surface area contributed by atoms with Gasteiger partial charge in [0.25, 0.3) is 5.91 Å². The smallest absolute Gasteiger partial charge is 0.268 e. The molecule has 20 heavy (non-hydrogen) atoms. The van der Waals surface area contributed by atoms with Crippen LogP contribution in [0.2, 0.25) is 5.02 Å². The Hall–Kier alpha value is -1.78. The van der Waals surface area contributed by atoms with Gasteiger partial charge in [0.1, 0.15) is 5.69 Å². The molecule has 1 aromatic heterocycles. The van der Waals surface area contributed by atoms with E-state index in [1.54, 1.807) is 16.8 Å². The lowest BCUT2D eigenvalue weighted by Crippen LogP contribution is -2.24. The molecule has 2 N–H and O–H groups in total. The molecule has 0 bridgehead atoms. The van der Waals surface area contributed by atoms with Gasteiger partial charge < -0.3 is 15.2 Å². The SMILES string of the molecule is Cn1cc(Cl)cc1C(=O)NCc1ccc2c(c1)CNC2. The van der Waals surface area contributed by atoms with Crippen LogP contribution in [0.4, 0.5) is 0 Å². The van der Waals surface area contributed by atoms with Crippen LogP contribution >= 0.6 is 11.6 Å². The molecule has 0 saturated heterocycles. The zero-order chi connectivity index (χ0) is 14.1. The van der Waals surface area contributed by atoms with Gasteiger partial charge in [0.2, 0.25) is 0 Å². The van der Waals surface area contributed by atoms with Gasteiger partial charge in [-0.3, -0.25) is 4.79 Å². The summed E-state index contributed by atoms with van der Waals surface area (Å²) in [6.45, 7) is 2.36. The molecule has 0 fully saturated rings. The van der Waals surface area contributed by atoms with Crippen LogP contribution in [0, 0.1) is 0 Å². The number of hydrogen-bond donors (Lipinski definition) is 2. The monoisotopic (exact) mass is 289 g/mol. The lowest BCUT2D eigenvalue weighted by Gasteiger charge is -2.07. The third-order valence-corrected chi connectivity index (χ3v) is 3.77. The maximum Gasteiger partial charge on any atom is 0.268 e. The minimum atomic E-state index is -0.113. The van der Waals surface area contributed by atoms with Crippen molar-refractivity contribution < 1.29 is 4.79 Å². The molecule has 1 aliphatic heterocycles. The van der Waals surface area contributed by atoms with Crippen molar-refractivity contribution in [3.8, 4) is 0 Å². The van der Waals surface area contributed by atoms with Crippen LogP contribution in [0.3, 0.4) is 0 Å². The number of carbonyl (C=O) groups is 1. The molecule has 5 heteroatoms. The second-order valence-electron chi connectivity index (χ2n) is 5.04. The average Bonchev–Trinajstić information content (AvgIpc) is 3.01. The second-order valence-corrected chi connectivity index (χ2v) is 5.48. The second kappa shape index (κ2) is 5.31. The standard InChI is InChI=1S/C15H16ClN3O/c1-19-9-13(16)5-14(19)15(20)18-6-10-2-3-11-7-17-8-12(11)4-10/h2-5,9,17H,6-8H2,1H3,(H,18,20). The molecule has 0 saturated carbocycles. The molecule has 104 valence electrons. The van der Waals surface area contributed by atoms with E-state index in [0.717, 1.165) is 18.7 Å². The van der Waals surface area contributed by atoms with Crippen molar-refractivity contribution in [3.63, 3.8) is 0 Å². The first-order chi connectivity index (χ1) is 9.63. The number of carbonyl (C=O) groups excluding carboxylic acids is 1. The molecule has 1 aromatic carbocycles. The first-order valence-corrected chi connectivity index (χ1v) is 6.93. The summed E-state index contributed by atoms with van der Waals surface area (Å²) in [6, 6.07) is 8.00. The van der Waals surface area contributed by atoms with Gasteiger partial charge in [-0.05, 0) is 22.8 Å². The van der Waals surface area contributed by atoms with Crippen LogP contribution in [0.25, 0.3) is 0 Å². The largest absolute Gasteiger partial charge is 0.347 e. The van der Waals surface area contributed by atoms with Crippen molar-refractivity contribution in [3.05, 3.63) is 57.9 Å². The molecule has 0 spiro atoms. The molecule has 1 aliphatic rings. The highest BCUT2D eigenvalue weighted by molar-refractivity contribution is 6.31. The van der Waals surface area contributed by atoms with Crippen LogP contribution in [0.1, 0.15) is 27.2 Å². The maximum atomic E-state index is 12.1. The number of rotatable bonds is 3. The number of aromatic nitrogens is 1. The summed E-state index contributed by atoms with van der Waals surface area (Å²) in [5, 5.41) is 6.80. The van der Waals surface area contributed by atoms with E-state index in [-0.39, 0.29) is 5.91 Å². The Morgan fingerprint density at radius 2 is 2.15 bits per heavy atom. The van der Waals surface area contributed by atoms with Gasteiger partial charge in [-0.25, -0.2) is 0 Å². The number of fused-ring (bicyclic) bond motifs is 1. The van der Waals surface area contributed by atoms with Gasteiger partial charge in [0, 0.05) is 32.9 Å². The van der Waals surface area contributed by atoms with Gasteiger partial charge in [-0.2, -0.15) is 0 Å². The van der Waals surface area contributed by atoms with Crippen molar-refractivity contribution in [2.24, 2.45) is 7.05 Å². The fourth-order valence-corrected chi connectivity index (χ4v) is 2.73. The van der Waals surface area contributed by atoms with E-state index in [4.69, 9.17) is 11.6 Å². The van der Waals surface area contributed by atoms with E-state index in [1.165, 1.54) is 11.1 Å². The number of amides is 1. The van der Waals surface area contributed by atoms with E-state index < -0.39 is 0 Å². The molecular formula is C15H16ClN3O. The Bertz CT molecular complexity index is 663. The summed E-state index contributed by atoms with van der Waals surface area (Å²) >= 11 is 5.88. The van der Waals surface area contributed by atoms with Crippen molar-refractivity contribution in [2.75, 3.05) is 0 Å². The lowest BCUT2D eigenvalue weighted by molar-refractivity contribution is 0.0943. The Kier molecular flexibility index (Phi) is 3.51. The van der Waals surface area contributed by atoms with Gasteiger partial charge in [0.05, 0.1) is 5.02 Å². The summed E-state index contributed by atoms with van der Waals surface area (Å²) in [6.07, 6.45) is 1.72. The van der Waals surface area contributed by atoms with Gasteiger partial charge in [-0.1, -0.05) is 29.8 Å². The quantitative estimate of drug-likeness (QED) is 0.910. The predicted molar refractivity (Wildman–Crippen MR) is 78.6 cm³/mol. The van der Waals surface area contributed by atoms with E-state index in [2.05, 4.69) is 28.8 Å². The first-order valence-electron chi connectivity index (χ1n) is 6.55. The van der Waals surface area contributed by atoms with Crippen LogP contribution in [0.5, 0.6) is 0 Å². The van der Waals surface area contributed by atoms with E-state index in [1.807, 2.05) is 7.05 Å². The summed E-state index contributed by atoms with van der Waals surface area (Å²) in [4.78, 5) is 12.1. The number of nitrogens with one attached hydrogen (secondary N) is 2. The minimum Gasteiger partial charge on any atom is -0.347 e. The number of hydrogen-bond acceptors (Lipinski definition) is 2. The lowest BCUT2D eigenvalue weighted by atomic mass is 10.1. The minimum absolute atomic E-state index is 0.113. The first kappa shape index (κ1) is 13.2. The predicted octanol–water partition coefficient (Wildman–Crippen LogP) is 2.21. The molecule has 1 amide bonds. The average molecular weight is 290 g/mol. The van der Waals surface area contributed by atoms with Crippen molar-refractivity contribution in [1.82, 2.24) is 15.2 Å². The van der Waals surface area contributed by atoms with Crippen molar-refractivity contribution in [1.29, 1.82) is 0 Å². The van der Waals surface area contributed by atoms with Crippen LogP contribution in [-0.4, -0.2) is 10.5 Å². The normalized spacial score (nSPS) is 13.3. The Balaban J connectivity index is 1.67. The van der Waals surface area contributed by atoms with Crippen molar-refractivity contribution >= 4 is 17.5 Å². The molecule has 4 nitrogen and oxygen atoms in total. The third-order valence-electron chi connectivity index (χ3n) is 3.56. The van der Waals surface area contributed by atoms with E-state index >= 15 is 0 Å². The topological polar surface area (TPSA) is 46.1 Å². The Labute approximate surface area is 122 Å². The fraction of sp³-hybridized carbons (Fsp3) is 0.267. The molecule has 0 unspecified atom stereocenters. The van der Waals surface area contributed by atoms with Gasteiger partial charge in [0.15, 0.2) is 0 Å². The molecule has 3 rings (SSSR count). The van der Waals surface area contributed by atoms with Crippen LogP contribution in [0.15, 0.2) is 30.5 Å². The number of halogens is 1. The summed E-state index contributed by atoms with van der Waals surface area (Å²) in [5.74, 6) is -0.113. The molecule has 2 aromatic rings. The van der Waals surface area contributed by atoms with Gasteiger partial charge in [-0.15, -0.1) is 0 Å². The molecular weight excluding hydrogens is 274 g/mol. The van der Waals surface area contributed by atoms with E-state index in [0.29, 0.717) is 17.3 Å². The van der Waals surface area contributed by atoms with Crippen LogP contribution in [-0.2, 0) is 26.7 Å². The summed E-state index contributed by atoms with van der Waals surface area (Å²) in [7, 11) is 1.81. The number of aryl methyl sites for hydroxylation is 1. The maximum absolute atomic E-state index is 12.1. The highest BCUT2D eigenvalue weighted by Gasteiger charge is 2.12. The highest BCUT2D eigenvalue weighted by Crippen LogP contribution is 2.17. The number of nitrogens with zero attached hydrogens (tertiary/aromatic N) is 1. The number of benzene rings is 1. The molecule has 0 atom stereocenters. The zero-order valence-corrected chi connectivity index (χ0v) is 12.0. The Morgan fingerprint density at radius 1 is 1.35 bits per heavy atom. The zero-order valence-electron chi connectivity index (χ0n) is 11.2. The highest BCUT2D eigenvalue weighted by atomic mass is 35.5. The summed E-state index contributed by atoms with van der Waals surface area (Å²) in [5.41, 5.74) is 4.34. The molecule has 2 heterocycles. The molecule has 0 radical (unpaired) electrons. The third kappa shape index (κ3) is 2.57. The van der Waals surface area contributed by atoms with Gasteiger partial charge >= 0.3 is 0 Å². The van der Waals surface area contributed by atoms with Crippen LogP contribution < -0.4 is 10.6 Å². The molecule has 0 aliphatic carbocycles. The van der Waals surface area contributed by atoms with E-state index in [9.17, 15) is 4.79 Å². The summed E-state index contributed by atoms with van der Waals surface area (Å²) < 4.78 is 1.73. The Morgan fingerprint density at radius 3 is 2.90 bits per heavy atom. The fourth-order valence-electron chi connectivity index (χ4n) is 2.48. The van der Waals surface area contributed by atoms with Crippen molar-refractivity contribution in [2.45, 2.75) is 19.6 Å².